The first-order valence-corrected chi connectivity index (χ1v) is 8.28. The Morgan fingerprint density at radius 3 is 2.61 bits per heavy atom. The van der Waals surface area contributed by atoms with Gasteiger partial charge in [0, 0.05) is 17.1 Å². The maximum atomic E-state index is 4.44. The van der Waals surface area contributed by atoms with E-state index in [-0.39, 0.29) is 0 Å². The molecule has 1 N–H and O–H groups in total. The molecule has 0 aliphatic heterocycles. The molecule has 0 aromatic carbocycles. The second-order valence-electron chi connectivity index (χ2n) is 5.47. The van der Waals surface area contributed by atoms with Crippen LogP contribution in [0, 0.1) is 12.8 Å². The van der Waals surface area contributed by atoms with E-state index in [0.29, 0.717) is 6.04 Å². The number of aromatic nitrogens is 1. The second-order valence-corrected chi connectivity index (χ2v) is 6.73. The number of aryl methyl sites for hydroxylation is 1. The van der Waals surface area contributed by atoms with Crippen LogP contribution in [0.3, 0.4) is 0 Å². The summed E-state index contributed by atoms with van der Waals surface area (Å²) in [7, 11) is 0. The van der Waals surface area contributed by atoms with Gasteiger partial charge in [0.05, 0.1) is 5.01 Å². The van der Waals surface area contributed by atoms with E-state index in [4.69, 9.17) is 0 Å². The summed E-state index contributed by atoms with van der Waals surface area (Å²) in [5.74, 6) is 0.818. The lowest BCUT2D eigenvalue weighted by Gasteiger charge is -2.26. The van der Waals surface area contributed by atoms with Gasteiger partial charge in [0.15, 0.2) is 0 Å². The first kappa shape index (κ1) is 14.0. The average Bonchev–Trinajstić information content (AvgIpc) is 2.65. The Labute approximate surface area is 115 Å². The molecule has 2 rings (SSSR count). The maximum absolute atomic E-state index is 4.44. The summed E-state index contributed by atoms with van der Waals surface area (Å²) in [6, 6.07) is 0.550. The molecule has 1 unspecified atom stereocenters. The highest BCUT2D eigenvalue weighted by atomic mass is 32.1. The Morgan fingerprint density at radius 1 is 1.33 bits per heavy atom. The Kier molecular flexibility index (Phi) is 5.64. The van der Waals surface area contributed by atoms with Crippen molar-refractivity contribution in [3.05, 3.63) is 16.1 Å². The standard InChI is InChI=1S/C15H26N2S/c1-3-10-16-15(14-11-17-12(2)18-14)13-8-6-4-5-7-9-13/h11,13,15-16H,3-10H2,1-2H3. The van der Waals surface area contributed by atoms with E-state index in [9.17, 15) is 0 Å². The summed E-state index contributed by atoms with van der Waals surface area (Å²) in [5.41, 5.74) is 0. The molecule has 1 atom stereocenters. The SMILES string of the molecule is CCCNC(c1cnc(C)s1)C1CCCCCC1. The zero-order chi connectivity index (χ0) is 12.8. The van der Waals surface area contributed by atoms with Crippen molar-refractivity contribution in [1.82, 2.24) is 10.3 Å². The molecule has 1 aliphatic carbocycles. The largest absolute Gasteiger partial charge is 0.309 e. The van der Waals surface area contributed by atoms with Crippen LogP contribution >= 0.6 is 11.3 Å². The molecule has 0 amide bonds. The van der Waals surface area contributed by atoms with Crippen molar-refractivity contribution in [3.63, 3.8) is 0 Å². The van der Waals surface area contributed by atoms with Gasteiger partial charge in [-0.15, -0.1) is 11.3 Å². The van der Waals surface area contributed by atoms with Crippen LogP contribution in [0.2, 0.25) is 0 Å². The maximum Gasteiger partial charge on any atom is 0.0897 e. The fourth-order valence-corrected chi connectivity index (χ4v) is 3.92. The van der Waals surface area contributed by atoms with Gasteiger partial charge in [-0.2, -0.15) is 0 Å². The van der Waals surface area contributed by atoms with Gasteiger partial charge in [0.1, 0.15) is 0 Å². The number of thiazole rings is 1. The molecule has 18 heavy (non-hydrogen) atoms. The van der Waals surface area contributed by atoms with E-state index in [1.165, 1.54) is 54.8 Å². The van der Waals surface area contributed by atoms with Crippen molar-refractivity contribution in [2.45, 2.75) is 64.8 Å². The lowest BCUT2D eigenvalue weighted by atomic mass is 9.91. The lowest BCUT2D eigenvalue weighted by molar-refractivity contribution is 0.329. The van der Waals surface area contributed by atoms with Crippen LogP contribution in [-0.4, -0.2) is 11.5 Å². The molecule has 1 aliphatic rings. The first-order valence-electron chi connectivity index (χ1n) is 7.47. The number of nitrogens with one attached hydrogen (secondary N) is 1. The quantitative estimate of drug-likeness (QED) is 0.796. The molecule has 1 fully saturated rings. The van der Waals surface area contributed by atoms with Gasteiger partial charge in [0.2, 0.25) is 0 Å². The van der Waals surface area contributed by atoms with Crippen LogP contribution in [0.25, 0.3) is 0 Å². The van der Waals surface area contributed by atoms with Gasteiger partial charge in [-0.1, -0.05) is 32.6 Å². The summed E-state index contributed by atoms with van der Waals surface area (Å²) >= 11 is 1.87. The van der Waals surface area contributed by atoms with Gasteiger partial charge in [0.25, 0.3) is 0 Å². The van der Waals surface area contributed by atoms with Crippen molar-refractivity contribution >= 4 is 11.3 Å². The molecule has 1 aromatic rings. The van der Waals surface area contributed by atoms with Crippen molar-refractivity contribution in [2.24, 2.45) is 5.92 Å². The molecule has 102 valence electrons. The fraction of sp³-hybridized carbons (Fsp3) is 0.800. The third-order valence-electron chi connectivity index (χ3n) is 3.93. The zero-order valence-corrected chi connectivity index (χ0v) is 12.6. The summed E-state index contributed by atoms with van der Waals surface area (Å²) in [4.78, 5) is 5.89. The normalized spacial score (nSPS) is 19.7. The van der Waals surface area contributed by atoms with Crippen LogP contribution in [0.5, 0.6) is 0 Å². The van der Waals surface area contributed by atoms with Gasteiger partial charge < -0.3 is 5.32 Å². The van der Waals surface area contributed by atoms with E-state index in [1.54, 1.807) is 0 Å². The molecule has 2 nitrogen and oxygen atoms in total. The van der Waals surface area contributed by atoms with Gasteiger partial charge in [-0.3, -0.25) is 0 Å². The molecule has 0 spiro atoms. The Bertz CT molecular complexity index is 340. The minimum absolute atomic E-state index is 0.550. The molecular formula is C15H26N2S. The van der Waals surface area contributed by atoms with Gasteiger partial charge >= 0.3 is 0 Å². The number of hydrogen-bond donors (Lipinski definition) is 1. The van der Waals surface area contributed by atoms with Crippen LogP contribution in [0.15, 0.2) is 6.20 Å². The smallest absolute Gasteiger partial charge is 0.0897 e. The molecule has 1 aromatic heterocycles. The monoisotopic (exact) mass is 266 g/mol. The van der Waals surface area contributed by atoms with Crippen LogP contribution in [0.4, 0.5) is 0 Å². The van der Waals surface area contributed by atoms with E-state index in [0.717, 1.165) is 12.5 Å². The average molecular weight is 266 g/mol. The van der Waals surface area contributed by atoms with Crippen molar-refractivity contribution in [2.75, 3.05) is 6.54 Å². The van der Waals surface area contributed by atoms with Crippen LogP contribution < -0.4 is 5.32 Å². The third kappa shape index (κ3) is 3.79. The summed E-state index contributed by atoms with van der Waals surface area (Å²) in [6.07, 6.45) is 11.8. The highest BCUT2D eigenvalue weighted by molar-refractivity contribution is 7.11. The number of hydrogen-bond acceptors (Lipinski definition) is 3. The first-order chi connectivity index (χ1) is 8.81. The molecule has 0 radical (unpaired) electrons. The summed E-state index contributed by atoms with van der Waals surface area (Å²) < 4.78 is 0. The minimum Gasteiger partial charge on any atom is -0.309 e. The molecule has 0 bridgehead atoms. The number of nitrogens with zero attached hydrogens (tertiary/aromatic N) is 1. The fourth-order valence-electron chi connectivity index (χ4n) is 2.97. The van der Waals surface area contributed by atoms with E-state index in [1.807, 2.05) is 11.3 Å². The highest BCUT2D eigenvalue weighted by Crippen LogP contribution is 2.35. The van der Waals surface area contributed by atoms with E-state index in [2.05, 4.69) is 30.3 Å². The zero-order valence-electron chi connectivity index (χ0n) is 11.7. The van der Waals surface area contributed by atoms with Crippen molar-refractivity contribution in [3.8, 4) is 0 Å². The van der Waals surface area contributed by atoms with E-state index < -0.39 is 0 Å². The highest BCUT2D eigenvalue weighted by Gasteiger charge is 2.25. The molecule has 1 saturated carbocycles. The minimum atomic E-state index is 0.550. The van der Waals surface area contributed by atoms with Crippen LogP contribution in [-0.2, 0) is 0 Å². The summed E-state index contributed by atoms with van der Waals surface area (Å²) in [6.45, 7) is 5.48. The van der Waals surface area contributed by atoms with E-state index >= 15 is 0 Å². The third-order valence-corrected chi connectivity index (χ3v) is 4.93. The molecule has 3 heteroatoms. The predicted octanol–water partition coefficient (Wildman–Crippen LogP) is 4.46. The van der Waals surface area contributed by atoms with Crippen molar-refractivity contribution < 1.29 is 0 Å². The second kappa shape index (κ2) is 7.25. The topological polar surface area (TPSA) is 24.9 Å². The molecule has 1 heterocycles. The number of rotatable bonds is 5. The predicted molar refractivity (Wildman–Crippen MR) is 79.1 cm³/mol. The molecular weight excluding hydrogens is 240 g/mol. The van der Waals surface area contributed by atoms with Crippen LogP contribution in [0.1, 0.15) is 67.8 Å². The summed E-state index contributed by atoms with van der Waals surface area (Å²) in [5, 5.41) is 4.96. The molecule has 0 saturated heterocycles. The Balaban J connectivity index is 2.07. The van der Waals surface area contributed by atoms with Gasteiger partial charge in [-0.25, -0.2) is 4.98 Å². The van der Waals surface area contributed by atoms with Gasteiger partial charge in [-0.05, 0) is 38.6 Å². The Morgan fingerprint density at radius 2 is 2.06 bits per heavy atom. The Hall–Kier alpha value is -0.410. The lowest BCUT2D eigenvalue weighted by Crippen LogP contribution is -2.28. The van der Waals surface area contributed by atoms with Crippen molar-refractivity contribution in [1.29, 1.82) is 0 Å².